The van der Waals surface area contributed by atoms with Crippen LogP contribution in [0.1, 0.15) is 11.6 Å². The highest BCUT2D eigenvalue weighted by molar-refractivity contribution is 5.41. The molecule has 0 bridgehead atoms. The molecule has 0 saturated carbocycles. The maximum absolute atomic E-state index is 5.58. The Hall–Kier alpha value is -1.91. The molecule has 2 aromatic rings. The van der Waals surface area contributed by atoms with Crippen molar-refractivity contribution in [3.05, 3.63) is 30.0 Å². The second-order valence-electron chi connectivity index (χ2n) is 3.06. The third-order valence-corrected chi connectivity index (χ3v) is 1.88. The first-order valence-corrected chi connectivity index (χ1v) is 4.29. The molecule has 2 aromatic heterocycles. The predicted octanol–water partition coefficient (Wildman–Crippen LogP) is 0.861. The van der Waals surface area contributed by atoms with Gasteiger partial charge in [-0.15, -0.1) is 0 Å². The number of pyridine rings is 1. The zero-order chi connectivity index (χ0) is 10.1. The average molecular weight is 189 g/mol. The van der Waals surface area contributed by atoms with E-state index in [0.29, 0.717) is 5.82 Å². The summed E-state index contributed by atoms with van der Waals surface area (Å²) in [5, 5.41) is 4.24. The summed E-state index contributed by atoms with van der Waals surface area (Å²) in [7, 11) is 0. The van der Waals surface area contributed by atoms with Crippen molar-refractivity contribution in [2.45, 2.75) is 13.8 Å². The number of nitrogen functional groups attached to an aromatic ring is 1. The fraction of sp³-hybridized carbons (Fsp3) is 0.222. The van der Waals surface area contributed by atoms with Gasteiger partial charge in [-0.3, -0.25) is 0 Å². The van der Waals surface area contributed by atoms with Crippen LogP contribution in [0.4, 0.5) is 5.82 Å². The molecule has 5 nitrogen and oxygen atoms in total. The molecule has 2 N–H and O–H groups in total. The number of aromatic nitrogens is 4. The predicted molar refractivity (Wildman–Crippen MR) is 53.0 cm³/mol. The Morgan fingerprint density at radius 3 is 2.71 bits per heavy atom. The minimum Gasteiger partial charge on any atom is -0.384 e. The summed E-state index contributed by atoms with van der Waals surface area (Å²) in [5.74, 6) is 2.07. The Morgan fingerprint density at radius 1 is 1.36 bits per heavy atom. The van der Waals surface area contributed by atoms with Crippen molar-refractivity contribution in [1.82, 2.24) is 19.7 Å². The maximum atomic E-state index is 5.58. The highest BCUT2D eigenvalue weighted by Crippen LogP contribution is 2.10. The van der Waals surface area contributed by atoms with Crippen LogP contribution in [0.5, 0.6) is 0 Å². The van der Waals surface area contributed by atoms with Gasteiger partial charge in [0.05, 0.1) is 5.69 Å². The molecule has 0 atom stereocenters. The molecule has 0 aromatic carbocycles. The highest BCUT2D eigenvalue weighted by atomic mass is 15.3. The summed E-state index contributed by atoms with van der Waals surface area (Å²) in [4.78, 5) is 8.13. The zero-order valence-electron chi connectivity index (χ0n) is 8.10. The summed E-state index contributed by atoms with van der Waals surface area (Å²) >= 11 is 0. The summed E-state index contributed by atoms with van der Waals surface area (Å²) in [6, 6.07) is 3.61. The number of aryl methyl sites for hydroxylation is 2. The average Bonchev–Trinajstić information content (AvgIpc) is 2.45. The molecule has 72 valence electrons. The minimum absolute atomic E-state index is 0.482. The molecular formula is C9H11N5. The molecule has 5 heteroatoms. The number of anilines is 1. The minimum atomic E-state index is 0.482. The van der Waals surface area contributed by atoms with Crippen LogP contribution in [-0.2, 0) is 0 Å². The van der Waals surface area contributed by atoms with Gasteiger partial charge in [-0.2, -0.15) is 5.10 Å². The Bertz CT molecular complexity index is 460. The van der Waals surface area contributed by atoms with Gasteiger partial charge in [0.25, 0.3) is 0 Å². The van der Waals surface area contributed by atoms with Crippen LogP contribution >= 0.6 is 0 Å². The number of nitrogens with two attached hydrogens (primary N) is 1. The monoisotopic (exact) mass is 189 g/mol. The van der Waals surface area contributed by atoms with Crippen molar-refractivity contribution in [3.63, 3.8) is 0 Å². The molecule has 0 amide bonds. The Kier molecular flexibility index (Phi) is 1.92. The zero-order valence-corrected chi connectivity index (χ0v) is 8.10. The largest absolute Gasteiger partial charge is 0.384 e. The van der Waals surface area contributed by atoms with Gasteiger partial charge in [-0.1, -0.05) is 0 Å². The van der Waals surface area contributed by atoms with Crippen LogP contribution in [0.2, 0.25) is 0 Å². The Morgan fingerprint density at radius 2 is 2.14 bits per heavy atom. The number of nitrogens with zero attached hydrogens (tertiary/aromatic N) is 4. The maximum Gasteiger partial charge on any atom is 0.148 e. The Balaban J connectivity index is 2.54. The van der Waals surface area contributed by atoms with E-state index in [4.69, 9.17) is 5.73 Å². The van der Waals surface area contributed by atoms with Gasteiger partial charge in [0.2, 0.25) is 0 Å². The van der Waals surface area contributed by atoms with Crippen LogP contribution in [0.3, 0.4) is 0 Å². The van der Waals surface area contributed by atoms with Crippen LogP contribution < -0.4 is 5.73 Å². The van der Waals surface area contributed by atoms with E-state index >= 15 is 0 Å². The molecule has 0 spiro atoms. The lowest BCUT2D eigenvalue weighted by Crippen LogP contribution is -2.01. The van der Waals surface area contributed by atoms with Gasteiger partial charge in [-0.05, 0) is 19.9 Å². The first kappa shape index (κ1) is 8.68. The van der Waals surface area contributed by atoms with Crippen LogP contribution in [0.25, 0.3) is 5.69 Å². The van der Waals surface area contributed by atoms with Gasteiger partial charge in [0, 0.05) is 12.3 Å². The van der Waals surface area contributed by atoms with Crippen molar-refractivity contribution in [2.24, 2.45) is 0 Å². The lowest BCUT2D eigenvalue weighted by molar-refractivity contribution is 0.830. The smallest absolute Gasteiger partial charge is 0.148 e. The van der Waals surface area contributed by atoms with Crippen molar-refractivity contribution >= 4 is 5.82 Å². The van der Waals surface area contributed by atoms with Crippen LogP contribution in [0.15, 0.2) is 18.3 Å². The fourth-order valence-corrected chi connectivity index (χ4v) is 1.33. The second-order valence-corrected chi connectivity index (χ2v) is 3.06. The first-order chi connectivity index (χ1) is 6.66. The van der Waals surface area contributed by atoms with E-state index in [1.165, 1.54) is 0 Å². The lowest BCUT2D eigenvalue weighted by Gasteiger charge is -2.02. The lowest BCUT2D eigenvalue weighted by atomic mass is 10.4. The third-order valence-electron chi connectivity index (χ3n) is 1.88. The van der Waals surface area contributed by atoms with Crippen molar-refractivity contribution in [2.75, 3.05) is 5.73 Å². The molecule has 0 unspecified atom stereocenters. The van der Waals surface area contributed by atoms with Crippen LogP contribution in [0, 0.1) is 13.8 Å². The van der Waals surface area contributed by atoms with Gasteiger partial charge in [-0.25, -0.2) is 14.6 Å². The first-order valence-electron chi connectivity index (χ1n) is 4.29. The van der Waals surface area contributed by atoms with Crippen molar-refractivity contribution < 1.29 is 0 Å². The van der Waals surface area contributed by atoms with Gasteiger partial charge in [0.15, 0.2) is 0 Å². The standard InChI is InChI=1S/C9H11N5/c1-6-12-7(2)14(13-6)8-3-4-11-9(10)5-8/h3-5H,1-2H3,(H2,10,11). The van der Waals surface area contributed by atoms with E-state index in [1.54, 1.807) is 16.9 Å². The van der Waals surface area contributed by atoms with E-state index in [-0.39, 0.29) is 0 Å². The molecule has 0 saturated heterocycles. The molecule has 2 rings (SSSR count). The van der Waals surface area contributed by atoms with Gasteiger partial charge in [0.1, 0.15) is 17.5 Å². The van der Waals surface area contributed by atoms with Crippen molar-refractivity contribution in [1.29, 1.82) is 0 Å². The van der Waals surface area contributed by atoms with Gasteiger partial charge >= 0.3 is 0 Å². The normalized spacial score (nSPS) is 10.4. The third kappa shape index (κ3) is 1.44. The Labute approximate surface area is 81.6 Å². The van der Waals surface area contributed by atoms with E-state index < -0.39 is 0 Å². The quantitative estimate of drug-likeness (QED) is 0.722. The summed E-state index contributed by atoms with van der Waals surface area (Å²) in [5.41, 5.74) is 6.47. The number of hydrogen-bond acceptors (Lipinski definition) is 4. The van der Waals surface area contributed by atoms with Gasteiger partial charge < -0.3 is 5.73 Å². The summed E-state index contributed by atoms with van der Waals surface area (Å²) < 4.78 is 1.74. The molecule has 0 aliphatic carbocycles. The van der Waals surface area contributed by atoms with E-state index in [9.17, 15) is 0 Å². The van der Waals surface area contributed by atoms with Crippen LogP contribution in [-0.4, -0.2) is 19.7 Å². The van der Waals surface area contributed by atoms with E-state index in [0.717, 1.165) is 17.3 Å². The highest BCUT2D eigenvalue weighted by Gasteiger charge is 2.04. The second kappa shape index (κ2) is 3.10. The fourth-order valence-electron chi connectivity index (χ4n) is 1.33. The molecule has 0 fully saturated rings. The SMILES string of the molecule is Cc1nc(C)n(-c2ccnc(N)c2)n1. The topological polar surface area (TPSA) is 69.6 Å². The number of rotatable bonds is 1. The summed E-state index contributed by atoms with van der Waals surface area (Å²) in [6.45, 7) is 3.75. The van der Waals surface area contributed by atoms with E-state index in [1.807, 2.05) is 19.9 Å². The molecular weight excluding hydrogens is 178 g/mol. The molecule has 0 aliphatic heterocycles. The number of hydrogen-bond donors (Lipinski definition) is 1. The van der Waals surface area contributed by atoms with E-state index in [2.05, 4.69) is 15.1 Å². The molecule has 0 radical (unpaired) electrons. The van der Waals surface area contributed by atoms with Crippen molar-refractivity contribution in [3.8, 4) is 5.69 Å². The molecule has 2 heterocycles. The molecule has 0 aliphatic rings. The summed E-state index contributed by atoms with van der Waals surface area (Å²) in [6.07, 6.45) is 1.65. The molecule has 14 heavy (non-hydrogen) atoms.